The Bertz CT molecular complexity index is 304. The monoisotopic (exact) mass is 320 g/mol. The van der Waals surface area contributed by atoms with Crippen LogP contribution in [-0.2, 0) is 0 Å². The lowest BCUT2D eigenvalue weighted by atomic mass is 10.6. The van der Waals surface area contributed by atoms with Crippen LogP contribution in [0.5, 0.6) is 0 Å². The van der Waals surface area contributed by atoms with Crippen LogP contribution in [0.25, 0.3) is 4.75 Å². The lowest BCUT2D eigenvalue weighted by Crippen LogP contribution is -2.55. The highest BCUT2D eigenvalue weighted by Crippen LogP contribution is 2.48. The molecular weight excluding hydrogens is 287 g/mol. The van der Waals surface area contributed by atoms with Crippen LogP contribution in [-0.4, -0.2) is 34.0 Å². The van der Waals surface area contributed by atoms with E-state index in [1.807, 2.05) is 0 Å². The highest BCUT2D eigenvalue weighted by Gasteiger charge is 2.42. The smallest absolute Gasteiger partial charge is 0.161 e. The predicted molar refractivity (Wildman–Crippen MR) is 98.5 cm³/mol. The highest BCUT2D eigenvalue weighted by atomic mass is 31.1. The number of nitrogens with zero attached hydrogens (tertiary/aromatic N) is 2. The minimum absolute atomic E-state index is 0.387. The van der Waals surface area contributed by atoms with Gasteiger partial charge in [-0.1, -0.05) is 58.9 Å². The van der Waals surface area contributed by atoms with E-state index in [2.05, 4.69) is 76.8 Å². The Labute approximate surface area is 119 Å². The van der Waals surface area contributed by atoms with Gasteiger partial charge >= 0.3 is 0 Å². The van der Waals surface area contributed by atoms with Gasteiger partial charge in [-0.05, 0) is 22.1 Å². The fourth-order valence-corrected chi connectivity index (χ4v) is 20.6. The molecule has 0 saturated carbocycles. The number of hydrogen-bond acceptors (Lipinski definition) is 1. The quantitative estimate of drug-likeness (QED) is 0.470. The molecule has 0 aromatic rings. The summed E-state index contributed by atoms with van der Waals surface area (Å²) in [7, 11) is -4.39. The van der Waals surface area contributed by atoms with E-state index in [0.717, 1.165) is 0 Å². The fraction of sp³-hybridized carbons (Fsp3) is 0.917. The summed E-state index contributed by atoms with van der Waals surface area (Å²) >= 11 is 0. The van der Waals surface area contributed by atoms with Gasteiger partial charge in [-0.2, -0.15) is 4.00 Å². The molecule has 1 atom stereocenters. The van der Waals surface area contributed by atoms with E-state index in [9.17, 15) is 0 Å². The number of rotatable bonds is 5. The summed E-state index contributed by atoms with van der Waals surface area (Å²) in [6.07, 6.45) is 0. The Morgan fingerprint density at radius 2 is 1.11 bits per heavy atom. The maximum absolute atomic E-state index is 5.30. The Balaban J connectivity index is 5.65. The van der Waals surface area contributed by atoms with Gasteiger partial charge in [0.25, 0.3) is 0 Å². The zero-order chi connectivity index (χ0) is 14.9. The van der Waals surface area contributed by atoms with Gasteiger partial charge in [-0.15, -0.1) is 0 Å². The molecule has 6 heteroatoms. The molecule has 108 valence electrons. The van der Waals surface area contributed by atoms with Crippen molar-refractivity contribution in [2.45, 2.75) is 72.8 Å². The van der Waals surface area contributed by atoms with Crippen molar-refractivity contribution >= 4 is 37.8 Å². The first kappa shape index (κ1) is 18.7. The molecule has 0 aliphatic carbocycles. The molecule has 0 radical (unpaired) electrons. The largest absolute Gasteiger partial charge is 0.426 e. The van der Waals surface area contributed by atoms with Crippen LogP contribution in [0.15, 0.2) is 0 Å². The first-order valence-corrected chi connectivity index (χ1v) is 18.4. The summed E-state index contributed by atoms with van der Waals surface area (Å²) in [5, 5.41) is 1.53. The molecule has 0 aromatic carbocycles. The van der Waals surface area contributed by atoms with Crippen LogP contribution < -0.4 is 0 Å². The van der Waals surface area contributed by atoms with Crippen LogP contribution >= 0.6 is 7.85 Å². The van der Waals surface area contributed by atoms with Crippen molar-refractivity contribution in [1.82, 2.24) is 4.00 Å². The third kappa shape index (κ3) is 6.26. The zero-order valence-corrected chi connectivity index (χ0v) is 18.2. The molecule has 0 aromatic heterocycles. The van der Waals surface area contributed by atoms with Gasteiger partial charge in [0.2, 0.25) is 0 Å². The van der Waals surface area contributed by atoms with Gasteiger partial charge in [-0.25, -0.2) is 0 Å². The average molecular weight is 321 g/mol. The number of hydrogen-bond donors (Lipinski definition) is 0. The van der Waals surface area contributed by atoms with Crippen LogP contribution in [0, 0.1) is 0 Å². The molecule has 0 saturated heterocycles. The summed E-state index contributed by atoms with van der Waals surface area (Å²) in [6, 6.07) is 0. The van der Waals surface area contributed by atoms with E-state index in [1.165, 1.54) is 5.29 Å². The van der Waals surface area contributed by atoms with Crippen molar-refractivity contribution in [2.75, 3.05) is 0 Å². The molecule has 0 rings (SSSR count). The van der Waals surface area contributed by atoms with E-state index in [-0.39, 0.29) is 7.85 Å². The van der Waals surface area contributed by atoms with Crippen molar-refractivity contribution < 1.29 is 0 Å². The standard InChI is InChI=1S/C12H33N2PSi3/c1-12(2)15(13-16(3,4)5)14(17(6,7)8)18(9,10)11/h1-11H3. The molecule has 0 aliphatic heterocycles. The first-order valence-electron chi connectivity index (χ1n) is 6.79. The van der Waals surface area contributed by atoms with Crippen LogP contribution in [0.2, 0.25) is 58.9 Å². The highest BCUT2D eigenvalue weighted by molar-refractivity contribution is 7.66. The minimum Gasteiger partial charge on any atom is -0.426 e. The summed E-state index contributed by atoms with van der Waals surface area (Å²) in [5.74, 6) is 0. The molecule has 0 bridgehead atoms. The Morgan fingerprint density at radius 1 is 0.778 bits per heavy atom. The van der Waals surface area contributed by atoms with E-state index < -0.39 is 24.7 Å². The third-order valence-electron chi connectivity index (χ3n) is 2.25. The van der Waals surface area contributed by atoms with Gasteiger partial charge in [0.05, 0.1) is 13.1 Å². The van der Waals surface area contributed by atoms with Crippen molar-refractivity contribution in [3.05, 3.63) is 4.75 Å². The predicted octanol–water partition coefficient (Wildman–Crippen LogP) is 5.69. The molecule has 0 heterocycles. The van der Waals surface area contributed by atoms with Crippen molar-refractivity contribution in [1.29, 1.82) is 0 Å². The van der Waals surface area contributed by atoms with E-state index in [1.54, 1.807) is 0 Å². The summed E-state index contributed by atoms with van der Waals surface area (Å²) < 4.78 is 8.20. The Hall–Kier alpha value is 0.741. The van der Waals surface area contributed by atoms with Crippen molar-refractivity contribution in [3.8, 4) is 0 Å². The van der Waals surface area contributed by atoms with Gasteiger partial charge in [0.15, 0.2) is 16.5 Å². The van der Waals surface area contributed by atoms with E-state index in [0.29, 0.717) is 0 Å². The normalized spacial score (nSPS) is 15.0. The van der Waals surface area contributed by atoms with E-state index >= 15 is 0 Å². The Morgan fingerprint density at radius 3 is 1.28 bits per heavy atom. The lowest BCUT2D eigenvalue weighted by molar-refractivity contribution is 0.987. The minimum atomic E-state index is -1.37. The van der Waals surface area contributed by atoms with Crippen molar-refractivity contribution in [3.63, 3.8) is 0 Å². The van der Waals surface area contributed by atoms with Crippen LogP contribution in [0.3, 0.4) is 0 Å². The lowest BCUT2D eigenvalue weighted by Gasteiger charge is -2.43. The molecule has 0 aliphatic rings. The van der Waals surface area contributed by atoms with Gasteiger partial charge < -0.3 is 4.75 Å². The fourth-order valence-electron chi connectivity index (χ4n) is 2.20. The second kappa shape index (κ2) is 6.02. The van der Waals surface area contributed by atoms with Gasteiger partial charge in [0, 0.05) is 0 Å². The second-order valence-electron chi connectivity index (χ2n) is 8.16. The van der Waals surface area contributed by atoms with Crippen molar-refractivity contribution in [2.24, 2.45) is 0 Å². The molecular formula is C12H33N2PSi3. The third-order valence-corrected chi connectivity index (χ3v) is 17.9. The molecule has 1 unspecified atom stereocenters. The average Bonchev–Trinajstić information content (AvgIpc) is 1.93. The molecule has 18 heavy (non-hydrogen) atoms. The molecule has 0 fully saturated rings. The molecule has 0 spiro atoms. The zero-order valence-electron chi connectivity index (χ0n) is 14.3. The SMILES string of the molecule is CC(C)=[P+]([N-][Si](C)(C)C)N([Si](C)(C)C)[Si](C)(C)C. The Kier molecular flexibility index (Phi) is 6.27. The molecule has 2 nitrogen and oxygen atoms in total. The van der Waals surface area contributed by atoms with Crippen LogP contribution in [0.4, 0.5) is 0 Å². The van der Waals surface area contributed by atoms with Crippen LogP contribution in [0.1, 0.15) is 13.8 Å². The topological polar surface area (TPSA) is 17.3 Å². The summed E-state index contributed by atoms with van der Waals surface area (Å²) in [4.78, 5) is 0. The summed E-state index contributed by atoms with van der Waals surface area (Å²) in [6.45, 7) is 26.5. The van der Waals surface area contributed by atoms with Gasteiger partial charge in [0.1, 0.15) is 0 Å². The van der Waals surface area contributed by atoms with Gasteiger partial charge in [-0.3, -0.25) is 0 Å². The maximum Gasteiger partial charge on any atom is 0.161 e. The molecule has 0 amide bonds. The molecule has 0 N–H and O–H groups in total. The second-order valence-corrected chi connectivity index (χ2v) is 26.0. The maximum atomic E-state index is 5.30. The van der Waals surface area contributed by atoms with E-state index in [4.69, 9.17) is 4.75 Å². The first-order chi connectivity index (χ1) is 7.66. The summed E-state index contributed by atoms with van der Waals surface area (Å²) in [5.41, 5.74) is 0.